The van der Waals surface area contributed by atoms with Gasteiger partial charge in [0.1, 0.15) is 11.8 Å². The van der Waals surface area contributed by atoms with Gasteiger partial charge in [0, 0.05) is 32.9 Å². The van der Waals surface area contributed by atoms with Crippen LogP contribution in [0.5, 0.6) is 0 Å². The first kappa shape index (κ1) is 15.9. The van der Waals surface area contributed by atoms with Gasteiger partial charge in [-0.2, -0.15) is 5.10 Å². The maximum absolute atomic E-state index is 13.1. The van der Waals surface area contributed by atoms with Gasteiger partial charge in [0.25, 0.3) is 5.91 Å². The van der Waals surface area contributed by atoms with E-state index in [2.05, 4.69) is 10.3 Å². The number of aromatic nitrogens is 3. The zero-order chi connectivity index (χ0) is 17.6. The lowest BCUT2D eigenvalue weighted by molar-refractivity contribution is -0.127. The summed E-state index contributed by atoms with van der Waals surface area (Å²) in [5.41, 5.74) is 1.39. The number of carbonyl (C=O) groups excluding carboxylic acids is 2. The molecule has 8 nitrogen and oxygen atoms in total. The van der Waals surface area contributed by atoms with E-state index < -0.39 is 5.41 Å². The molecule has 0 aliphatic carbocycles. The number of anilines is 1. The lowest BCUT2D eigenvalue weighted by Gasteiger charge is -2.38. The molecule has 25 heavy (non-hydrogen) atoms. The summed E-state index contributed by atoms with van der Waals surface area (Å²) in [5, 5.41) is 7.94. The number of hydrogen-bond acceptors (Lipinski definition) is 5. The van der Waals surface area contributed by atoms with Crippen molar-refractivity contribution in [3.63, 3.8) is 0 Å². The molecule has 1 spiro atoms. The van der Waals surface area contributed by atoms with Crippen LogP contribution in [0.15, 0.2) is 23.2 Å². The summed E-state index contributed by atoms with van der Waals surface area (Å²) < 4.78 is 6.58. The summed E-state index contributed by atoms with van der Waals surface area (Å²) in [6.45, 7) is 3.53. The molecule has 0 unspecified atom stereocenters. The van der Waals surface area contributed by atoms with Crippen LogP contribution in [-0.2, 0) is 11.8 Å². The van der Waals surface area contributed by atoms with Crippen LogP contribution in [0, 0.1) is 12.3 Å². The number of rotatable bonds is 2. The third-order valence-corrected chi connectivity index (χ3v) is 5.36. The Balaban J connectivity index is 1.55. The highest BCUT2D eigenvalue weighted by atomic mass is 16.5. The van der Waals surface area contributed by atoms with Crippen molar-refractivity contribution < 1.29 is 14.1 Å². The third-order valence-electron chi connectivity index (χ3n) is 5.36. The van der Waals surface area contributed by atoms with E-state index >= 15 is 0 Å². The molecule has 0 saturated carbocycles. The van der Waals surface area contributed by atoms with Crippen molar-refractivity contribution >= 4 is 17.5 Å². The van der Waals surface area contributed by atoms with Gasteiger partial charge in [-0.1, -0.05) is 5.16 Å². The van der Waals surface area contributed by atoms with Gasteiger partial charge in [-0.05, 0) is 26.2 Å². The molecule has 0 bridgehead atoms. The smallest absolute Gasteiger partial charge is 0.259 e. The van der Waals surface area contributed by atoms with E-state index in [-0.39, 0.29) is 11.8 Å². The molecule has 2 aliphatic heterocycles. The Morgan fingerprint density at radius 1 is 1.32 bits per heavy atom. The second-order valence-electron chi connectivity index (χ2n) is 7.00. The lowest BCUT2D eigenvalue weighted by atomic mass is 9.78. The van der Waals surface area contributed by atoms with Crippen LogP contribution >= 0.6 is 0 Å². The SMILES string of the molecule is Cc1nocc1C(=O)N1CCC[C@@]2(CCN(c3cnn(C)c3)C2=O)C1. The molecule has 2 aliphatic rings. The van der Waals surface area contributed by atoms with Gasteiger partial charge < -0.3 is 14.3 Å². The molecule has 132 valence electrons. The van der Waals surface area contributed by atoms with Crippen molar-refractivity contribution in [1.82, 2.24) is 19.8 Å². The fraction of sp³-hybridized carbons (Fsp3) is 0.529. The second kappa shape index (κ2) is 5.72. The van der Waals surface area contributed by atoms with Gasteiger partial charge in [-0.3, -0.25) is 14.3 Å². The number of carbonyl (C=O) groups is 2. The van der Waals surface area contributed by atoms with Gasteiger partial charge in [0.15, 0.2) is 0 Å². The summed E-state index contributed by atoms with van der Waals surface area (Å²) in [4.78, 5) is 29.5. The van der Waals surface area contributed by atoms with Crippen LogP contribution in [0.2, 0.25) is 0 Å². The Hall–Kier alpha value is -2.64. The molecule has 4 rings (SSSR count). The van der Waals surface area contributed by atoms with Crippen molar-refractivity contribution in [3.05, 3.63) is 29.9 Å². The van der Waals surface area contributed by atoms with Crippen LogP contribution in [0.25, 0.3) is 0 Å². The third kappa shape index (κ3) is 2.52. The normalized spacial score (nSPS) is 23.7. The number of piperidine rings is 1. The largest absolute Gasteiger partial charge is 0.364 e. The Morgan fingerprint density at radius 3 is 2.84 bits per heavy atom. The maximum Gasteiger partial charge on any atom is 0.259 e. The summed E-state index contributed by atoms with van der Waals surface area (Å²) in [6, 6.07) is 0. The van der Waals surface area contributed by atoms with Crippen molar-refractivity contribution in [3.8, 4) is 0 Å². The van der Waals surface area contributed by atoms with Crippen LogP contribution in [-0.4, -0.2) is 51.3 Å². The highest BCUT2D eigenvalue weighted by Crippen LogP contribution is 2.42. The zero-order valence-corrected chi connectivity index (χ0v) is 14.4. The molecule has 1 atom stereocenters. The van der Waals surface area contributed by atoms with Crippen molar-refractivity contribution in [2.75, 3.05) is 24.5 Å². The fourth-order valence-electron chi connectivity index (χ4n) is 3.97. The van der Waals surface area contributed by atoms with Crippen LogP contribution in [0.3, 0.4) is 0 Å². The minimum Gasteiger partial charge on any atom is -0.364 e. The van der Waals surface area contributed by atoms with Gasteiger partial charge in [0.2, 0.25) is 5.91 Å². The molecule has 0 N–H and O–H groups in total. The lowest BCUT2D eigenvalue weighted by Crippen LogP contribution is -2.50. The molecule has 2 fully saturated rings. The second-order valence-corrected chi connectivity index (χ2v) is 7.00. The first-order valence-corrected chi connectivity index (χ1v) is 8.51. The van der Waals surface area contributed by atoms with E-state index in [0.29, 0.717) is 30.9 Å². The first-order chi connectivity index (χ1) is 12.0. The first-order valence-electron chi connectivity index (χ1n) is 8.51. The highest BCUT2D eigenvalue weighted by Gasteiger charge is 2.50. The summed E-state index contributed by atoms with van der Waals surface area (Å²) in [6.07, 6.45) is 7.34. The van der Waals surface area contributed by atoms with E-state index in [1.54, 1.807) is 27.6 Å². The Morgan fingerprint density at radius 2 is 2.16 bits per heavy atom. The predicted molar refractivity (Wildman–Crippen MR) is 89.0 cm³/mol. The summed E-state index contributed by atoms with van der Waals surface area (Å²) in [7, 11) is 1.84. The maximum atomic E-state index is 13.1. The molecule has 2 aromatic rings. The number of nitrogens with zero attached hydrogens (tertiary/aromatic N) is 5. The van der Waals surface area contributed by atoms with Crippen molar-refractivity contribution in [1.29, 1.82) is 0 Å². The van der Waals surface area contributed by atoms with E-state index in [9.17, 15) is 9.59 Å². The molecule has 2 aromatic heterocycles. The summed E-state index contributed by atoms with van der Waals surface area (Å²) in [5.74, 6) is -0.00880. The number of aryl methyl sites for hydroxylation is 2. The predicted octanol–water partition coefficient (Wildman–Crippen LogP) is 1.38. The quantitative estimate of drug-likeness (QED) is 0.822. The van der Waals surface area contributed by atoms with Crippen LogP contribution < -0.4 is 4.90 Å². The molecule has 2 amide bonds. The number of hydrogen-bond donors (Lipinski definition) is 0. The number of likely N-dealkylation sites (tertiary alicyclic amines) is 1. The van der Waals surface area contributed by atoms with Crippen LogP contribution in [0.1, 0.15) is 35.3 Å². The van der Waals surface area contributed by atoms with Crippen LogP contribution in [0.4, 0.5) is 5.69 Å². The Kier molecular flexibility index (Phi) is 3.63. The molecular formula is C17H21N5O3. The molecule has 0 radical (unpaired) electrons. The highest BCUT2D eigenvalue weighted by molar-refractivity contribution is 6.01. The van der Waals surface area contributed by atoms with E-state index in [1.165, 1.54) is 6.26 Å². The summed E-state index contributed by atoms with van der Waals surface area (Å²) >= 11 is 0. The van der Waals surface area contributed by atoms with Gasteiger partial charge in [-0.25, -0.2) is 0 Å². The molecule has 2 saturated heterocycles. The van der Waals surface area contributed by atoms with Gasteiger partial charge in [0.05, 0.1) is 23.0 Å². The number of amides is 2. The average Bonchev–Trinajstić information content (AvgIpc) is 3.29. The zero-order valence-electron chi connectivity index (χ0n) is 14.4. The molecular weight excluding hydrogens is 322 g/mol. The van der Waals surface area contributed by atoms with Crippen molar-refractivity contribution in [2.24, 2.45) is 12.5 Å². The topological polar surface area (TPSA) is 84.5 Å². The van der Waals surface area contributed by atoms with E-state index in [0.717, 1.165) is 24.9 Å². The van der Waals surface area contributed by atoms with Gasteiger partial charge in [-0.15, -0.1) is 0 Å². The van der Waals surface area contributed by atoms with Crippen molar-refractivity contribution in [2.45, 2.75) is 26.2 Å². The average molecular weight is 343 g/mol. The molecule has 4 heterocycles. The van der Waals surface area contributed by atoms with E-state index in [1.807, 2.05) is 13.2 Å². The Labute approximate surface area is 145 Å². The fourth-order valence-corrected chi connectivity index (χ4v) is 3.97. The molecule has 8 heteroatoms. The van der Waals surface area contributed by atoms with Gasteiger partial charge >= 0.3 is 0 Å². The minimum atomic E-state index is -0.491. The van der Waals surface area contributed by atoms with E-state index in [4.69, 9.17) is 4.52 Å². The Bertz CT molecular complexity index is 826. The molecule has 0 aromatic carbocycles. The monoisotopic (exact) mass is 343 g/mol. The standard InChI is InChI=1S/C17H21N5O3/c1-12-14(10-25-19-12)15(23)21-6-3-4-17(11-21)5-7-22(16(17)24)13-8-18-20(2)9-13/h8-10H,3-7,11H2,1-2H3/t17-/m1/s1. The minimum absolute atomic E-state index is 0.0973.